The van der Waals surface area contributed by atoms with Gasteiger partial charge in [0, 0.05) is 31.6 Å². The van der Waals surface area contributed by atoms with Crippen LogP contribution >= 0.6 is 24.0 Å². The smallest absolute Gasteiger partial charge is 0.209 e. The highest BCUT2D eigenvalue weighted by Crippen LogP contribution is 2.11. The molecule has 2 heterocycles. The molecule has 0 spiro atoms. The van der Waals surface area contributed by atoms with E-state index in [1.807, 2.05) is 18.5 Å². The van der Waals surface area contributed by atoms with Crippen LogP contribution in [0.2, 0.25) is 0 Å². The summed E-state index contributed by atoms with van der Waals surface area (Å²) in [6.45, 7) is 4.79. The fourth-order valence-electron chi connectivity index (χ4n) is 2.59. The first-order valence-electron chi connectivity index (χ1n) is 7.51. The predicted octanol–water partition coefficient (Wildman–Crippen LogP) is -0.296. The number of nitrogens with one attached hydrogen (secondary N) is 3. The number of sulfonamides is 1. The highest BCUT2D eigenvalue weighted by molar-refractivity contribution is 14.0. The standard InChI is InChI=1S/C13H25N7O2S.HI/c1-13(2,19-23(4,21)22)8-15-12(14-3)18-10-5-6-11-16-9-17-20(11)7-10;/h9-10,19H,5-8H2,1-4H3,(H2,14,15,18);1H. The van der Waals surface area contributed by atoms with Gasteiger partial charge in [-0.05, 0) is 20.3 Å². The van der Waals surface area contributed by atoms with Gasteiger partial charge in [-0.1, -0.05) is 0 Å². The lowest BCUT2D eigenvalue weighted by atomic mass is 10.1. The minimum Gasteiger partial charge on any atom is -0.355 e. The van der Waals surface area contributed by atoms with Crippen molar-refractivity contribution in [3.8, 4) is 0 Å². The SMILES string of the molecule is CN=C(NCC(C)(C)NS(C)(=O)=O)NC1CCc2ncnn2C1.I. The maximum absolute atomic E-state index is 11.4. The molecule has 24 heavy (non-hydrogen) atoms. The molecule has 0 radical (unpaired) electrons. The molecule has 0 aromatic carbocycles. The van der Waals surface area contributed by atoms with Crippen molar-refractivity contribution in [1.82, 2.24) is 30.1 Å². The quantitative estimate of drug-likeness (QED) is 0.309. The molecule has 0 amide bonds. The molecule has 1 unspecified atom stereocenters. The molecule has 0 aliphatic carbocycles. The van der Waals surface area contributed by atoms with Crippen LogP contribution in [-0.2, 0) is 23.0 Å². The van der Waals surface area contributed by atoms with E-state index in [-0.39, 0.29) is 30.0 Å². The zero-order chi connectivity index (χ0) is 17.1. The highest BCUT2D eigenvalue weighted by atomic mass is 127. The summed E-state index contributed by atoms with van der Waals surface area (Å²) in [5, 5.41) is 10.7. The Hall–Kier alpha value is -0.950. The monoisotopic (exact) mass is 471 g/mol. The molecule has 1 atom stereocenters. The predicted molar refractivity (Wildman–Crippen MR) is 104 cm³/mol. The normalized spacial score (nSPS) is 18.5. The molecule has 1 aliphatic heterocycles. The fourth-order valence-corrected chi connectivity index (χ4v) is 3.66. The number of hydrogen-bond donors (Lipinski definition) is 3. The number of hydrogen-bond acceptors (Lipinski definition) is 5. The van der Waals surface area contributed by atoms with E-state index in [1.165, 1.54) is 0 Å². The largest absolute Gasteiger partial charge is 0.355 e. The Morgan fingerprint density at radius 3 is 2.83 bits per heavy atom. The van der Waals surface area contributed by atoms with E-state index in [1.54, 1.807) is 13.4 Å². The van der Waals surface area contributed by atoms with E-state index in [2.05, 4.69) is 30.4 Å². The van der Waals surface area contributed by atoms with Crippen LogP contribution in [0.1, 0.15) is 26.1 Å². The van der Waals surface area contributed by atoms with Crippen LogP contribution in [0.25, 0.3) is 0 Å². The number of aryl methyl sites for hydroxylation is 1. The molecule has 11 heteroatoms. The molecular formula is C13H26IN7O2S. The van der Waals surface area contributed by atoms with E-state index >= 15 is 0 Å². The van der Waals surface area contributed by atoms with Crippen molar-refractivity contribution < 1.29 is 8.42 Å². The maximum Gasteiger partial charge on any atom is 0.209 e. The Morgan fingerprint density at radius 2 is 2.21 bits per heavy atom. The third kappa shape index (κ3) is 6.51. The second-order valence-electron chi connectivity index (χ2n) is 6.42. The zero-order valence-corrected chi connectivity index (χ0v) is 17.6. The molecule has 3 N–H and O–H groups in total. The van der Waals surface area contributed by atoms with Gasteiger partial charge in [0.15, 0.2) is 5.96 Å². The number of guanidine groups is 1. The van der Waals surface area contributed by atoms with Crippen LogP contribution in [0.3, 0.4) is 0 Å². The Morgan fingerprint density at radius 1 is 1.50 bits per heavy atom. The summed E-state index contributed by atoms with van der Waals surface area (Å²) in [5.74, 6) is 1.64. The van der Waals surface area contributed by atoms with Crippen LogP contribution < -0.4 is 15.4 Å². The van der Waals surface area contributed by atoms with E-state index in [4.69, 9.17) is 0 Å². The molecule has 0 fully saturated rings. The average Bonchev–Trinajstić information content (AvgIpc) is 2.88. The molecule has 0 saturated carbocycles. The van der Waals surface area contributed by atoms with Crippen LogP contribution in [-0.4, -0.2) is 60.6 Å². The zero-order valence-electron chi connectivity index (χ0n) is 14.4. The van der Waals surface area contributed by atoms with Gasteiger partial charge in [0.05, 0.1) is 12.8 Å². The molecule has 1 aliphatic rings. The van der Waals surface area contributed by atoms with E-state index in [9.17, 15) is 8.42 Å². The number of halogens is 1. The summed E-state index contributed by atoms with van der Waals surface area (Å²) in [7, 11) is -1.57. The van der Waals surface area contributed by atoms with Gasteiger partial charge in [0.25, 0.3) is 0 Å². The third-order valence-electron chi connectivity index (χ3n) is 3.53. The summed E-state index contributed by atoms with van der Waals surface area (Å²) >= 11 is 0. The number of aliphatic imine (C=N–C) groups is 1. The van der Waals surface area contributed by atoms with Crippen molar-refractivity contribution >= 4 is 40.0 Å². The van der Waals surface area contributed by atoms with Crippen molar-refractivity contribution in [2.75, 3.05) is 19.8 Å². The number of fused-ring (bicyclic) bond motifs is 1. The maximum atomic E-state index is 11.4. The number of nitrogens with zero attached hydrogens (tertiary/aromatic N) is 4. The third-order valence-corrected chi connectivity index (χ3v) is 4.45. The van der Waals surface area contributed by atoms with Crippen molar-refractivity contribution in [2.24, 2.45) is 4.99 Å². The van der Waals surface area contributed by atoms with Gasteiger partial charge in [-0.15, -0.1) is 24.0 Å². The van der Waals surface area contributed by atoms with Gasteiger partial charge in [0.1, 0.15) is 12.2 Å². The van der Waals surface area contributed by atoms with Gasteiger partial charge in [-0.25, -0.2) is 22.8 Å². The Labute approximate surface area is 160 Å². The summed E-state index contributed by atoms with van der Waals surface area (Å²) in [5.41, 5.74) is -0.614. The Bertz CT molecular complexity index is 672. The second-order valence-corrected chi connectivity index (χ2v) is 8.17. The van der Waals surface area contributed by atoms with Crippen molar-refractivity contribution in [3.05, 3.63) is 12.2 Å². The average molecular weight is 471 g/mol. The lowest BCUT2D eigenvalue weighted by molar-refractivity contribution is 0.389. The molecular weight excluding hydrogens is 445 g/mol. The minimum absolute atomic E-state index is 0. The topological polar surface area (TPSA) is 113 Å². The van der Waals surface area contributed by atoms with Crippen LogP contribution in [0.5, 0.6) is 0 Å². The lowest BCUT2D eigenvalue weighted by Crippen LogP contribution is -2.54. The first-order valence-corrected chi connectivity index (χ1v) is 9.40. The van der Waals surface area contributed by atoms with Crippen molar-refractivity contribution in [3.63, 3.8) is 0 Å². The summed E-state index contributed by atoms with van der Waals surface area (Å²) in [4.78, 5) is 8.40. The van der Waals surface area contributed by atoms with Crippen LogP contribution in [0.15, 0.2) is 11.3 Å². The Kier molecular flexibility index (Phi) is 7.41. The van der Waals surface area contributed by atoms with Gasteiger partial charge in [0.2, 0.25) is 10.0 Å². The molecule has 138 valence electrons. The lowest BCUT2D eigenvalue weighted by Gasteiger charge is -2.29. The van der Waals surface area contributed by atoms with Crippen LogP contribution in [0.4, 0.5) is 0 Å². The molecule has 0 saturated heterocycles. The van der Waals surface area contributed by atoms with E-state index in [0.717, 1.165) is 31.5 Å². The van der Waals surface area contributed by atoms with Gasteiger partial charge >= 0.3 is 0 Å². The molecule has 1 aromatic rings. The first-order chi connectivity index (χ1) is 10.7. The molecule has 9 nitrogen and oxygen atoms in total. The Balaban J connectivity index is 0.00000288. The first kappa shape index (κ1) is 21.1. The number of aromatic nitrogens is 3. The van der Waals surface area contributed by atoms with Crippen LogP contribution in [0, 0.1) is 0 Å². The van der Waals surface area contributed by atoms with Crippen molar-refractivity contribution in [2.45, 2.75) is 44.8 Å². The van der Waals surface area contributed by atoms with E-state index in [0.29, 0.717) is 12.5 Å². The molecule has 2 rings (SSSR count). The van der Waals surface area contributed by atoms with Gasteiger partial charge < -0.3 is 10.6 Å². The molecule has 0 bridgehead atoms. The van der Waals surface area contributed by atoms with Gasteiger partial charge in [-0.2, -0.15) is 5.10 Å². The summed E-state index contributed by atoms with van der Waals surface area (Å²) in [6, 6.07) is 0.210. The summed E-state index contributed by atoms with van der Waals surface area (Å²) in [6.07, 6.45) is 4.55. The summed E-state index contributed by atoms with van der Waals surface area (Å²) < 4.78 is 27.2. The fraction of sp³-hybridized carbons (Fsp3) is 0.769. The number of rotatable bonds is 5. The van der Waals surface area contributed by atoms with Crippen molar-refractivity contribution in [1.29, 1.82) is 0 Å². The second kappa shape index (κ2) is 8.43. The van der Waals surface area contributed by atoms with Gasteiger partial charge in [-0.3, -0.25) is 4.99 Å². The van der Waals surface area contributed by atoms with E-state index < -0.39 is 15.6 Å². The highest BCUT2D eigenvalue weighted by Gasteiger charge is 2.24. The molecule has 1 aromatic heterocycles. The minimum atomic E-state index is -3.26.